The van der Waals surface area contributed by atoms with Crippen LogP contribution in [-0.2, 0) is 6.54 Å². The zero-order valence-corrected chi connectivity index (χ0v) is 13.9. The quantitative estimate of drug-likeness (QED) is 0.930. The molecule has 1 aromatic rings. The SMILES string of the molecule is Cc1ccccc1CN1CC[C@@H](N2CCCCCC2)[C@H](O)C1. The van der Waals surface area contributed by atoms with E-state index in [4.69, 9.17) is 0 Å². The molecule has 0 aliphatic carbocycles. The number of aliphatic hydroxyl groups is 1. The number of β-amino-alcohol motifs (C(OH)–C–C–N with tert-alkyl or cyclic N) is 1. The summed E-state index contributed by atoms with van der Waals surface area (Å²) in [6.07, 6.45) is 6.23. The van der Waals surface area contributed by atoms with Gasteiger partial charge < -0.3 is 5.11 Å². The second-order valence-corrected chi connectivity index (χ2v) is 7.04. The highest BCUT2D eigenvalue weighted by Crippen LogP contribution is 2.22. The molecule has 2 aliphatic heterocycles. The maximum Gasteiger partial charge on any atom is 0.0822 e. The third-order valence-electron chi connectivity index (χ3n) is 5.40. The lowest BCUT2D eigenvalue weighted by atomic mass is 9.98. The number of hydrogen-bond donors (Lipinski definition) is 1. The number of rotatable bonds is 3. The van der Waals surface area contributed by atoms with Gasteiger partial charge in [-0.05, 0) is 50.4 Å². The Labute approximate surface area is 134 Å². The van der Waals surface area contributed by atoms with Crippen molar-refractivity contribution in [1.29, 1.82) is 0 Å². The van der Waals surface area contributed by atoms with Crippen molar-refractivity contribution in [1.82, 2.24) is 9.80 Å². The minimum absolute atomic E-state index is 0.198. The Morgan fingerprint density at radius 3 is 2.45 bits per heavy atom. The molecule has 2 saturated heterocycles. The van der Waals surface area contributed by atoms with Gasteiger partial charge in [0.25, 0.3) is 0 Å². The average molecular weight is 302 g/mol. The minimum atomic E-state index is -0.198. The van der Waals surface area contributed by atoms with Crippen LogP contribution in [0.3, 0.4) is 0 Å². The lowest BCUT2D eigenvalue weighted by molar-refractivity contribution is -0.0144. The molecule has 0 aromatic heterocycles. The number of aryl methyl sites for hydroxylation is 1. The van der Waals surface area contributed by atoms with Crippen molar-refractivity contribution in [2.45, 2.75) is 57.7 Å². The van der Waals surface area contributed by atoms with E-state index in [2.05, 4.69) is 41.0 Å². The zero-order chi connectivity index (χ0) is 15.4. The van der Waals surface area contributed by atoms with Gasteiger partial charge in [-0.25, -0.2) is 0 Å². The fraction of sp³-hybridized carbons (Fsp3) is 0.684. The Balaban J connectivity index is 1.56. The van der Waals surface area contributed by atoms with E-state index in [9.17, 15) is 5.11 Å². The summed E-state index contributed by atoms with van der Waals surface area (Å²) in [5.41, 5.74) is 2.74. The van der Waals surface area contributed by atoms with Gasteiger partial charge in [0, 0.05) is 25.7 Å². The van der Waals surface area contributed by atoms with Crippen molar-refractivity contribution < 1.29 is 5.11 Å². The summed E-state index contributed by atoms with van der Waals surface area (Å²) in [6, 6.07) is 8.98. The maximum absolute atomic E-state index is 10.6. The van der Waals surface area contributed by atoms with E-state index in [-0.39, 0.29) is 6.10 Å². The molecule has 0 radical (unpaired) electrons. The van der Waals surface area contributed by atoms with Crippen LogP contribution in [0, 0.1) is 6.92 Å². The van der Waals surface area contributed by atoms with Crippen LogP contribution in [0.5, 0.6) is 0 Å². The topological polar surface area (TPSA) is 26.7 Å². The van der Waals surface area contributed by atoms with E-state index in [1.54, 1.807) is 0 Å². The van der Waals surface area contributed by atoms with E-state index in [0.29, 0.717) is 6.04 Å². The van der Waals surface area contributed by atoms with Crippen LogP contribution in [0.15, 0.2) is 24.3 Å². The lowest BCUT2D eigenvalue weighted by Crippen LogP contribution is -2.54. The predicted molar refractivity (Wildman–Crippen MR) is 90.9 cm³/mol. The third-order valence-corrected chi connectivity index (χ3v) is 5.40. The second kappa shape index (κ2) is 7.58. The highest BCUT2D eigenvalue weighted by molar-refractivity contribution is 5.25. The predicted octanol–water partition coefficient (Wildman–Crippen LogP) is 2.81. The molecule has 1 N–H and O–H groups in total. The van der Waals surface area contributed by atoms with Gasteiger partial charge in [0.05, 0.1) is 6.10 Å². The number of nitrogens with zero attached hydrogens (tertiary/aromatic N) is 2. The van der Waals surface area contributed by atoms with Crippen LogP contribution >= 0.6 is 0 Å². The first kappa shape index (κ1) is 16.0. The summed E-state index contributed by atoms with van der Waals surface area (Å²) in [5.74, 6) is 0. The second-order valence-electron chi connectivity index (χ2n) is 7.04. The zero-order valence-electron chi connectivity index (χ0n) is 13.9. The number of hydrogen-bond acceptors (Lipinski definition) is 3. The van der Waals surface area contributed by atoms with Crippen LogP contribution < -0.4 is 0 Å². The molecular formula is C19H30N2O. The van der Waals surface area contributed by atoms with Crippen LogP contribution in [0.2, 0.25) is 0 Å². The average Bonchev–Trinajstić information content (AvgIpc) is 2.79. The Kier molecular flexibility index (Phi) is 5.51. The Bertz CT molecular complexity index is 468. The van der Waals surface area contributed by atoms with Crippen LogP contribution in [0.25, 0.3) is 0 Å². The molecule has 122 valence electrons. The molecule has 1 aromatic carbocycles. The molecule has 2 atom stereocenters. The van der Waals surface area contributed by atoms with Gasteiger partial charge in [0.2, 0.25) is 0 Å². The van der Waals surface area contributed by atoms with Crippen molar-refractivity contribution in [2.24, 2.45) is 0 Å². The molecule has 0 spiro atoms. The first-order valence-corrected chi connectivity index (χ1v) is 8.93. The standard InChI is InChI=1S/C19H30N2O/c1-16-8-4-5-9-17(16)14-20-13-10-18(19(22)15-20)21-11-6-2-3-7-12-21/h4-5,8-9,18-19,22H,2-3,6-7,10-15H2,1H3/t18-,19-/m1/s1. The Hall–Kier alpha value is -0.900. The smallest absolute Gasteiger partial charge is 0.0822 e. The van der Waals surface area contributed by atoms with Gasteiger partial charge in [-0.15, -0.1) is 0 Å². The molecule has 2 fully saturated rings. The van der Waals surface area contributed by atoms with Crippen molar-refractivity contribution in [3.8, 4) is 0 Å². The molecule has 2 heterocycles. The van der Waals surface area contributed by atoms with E-state index in [1.165, 1.54) is 49.9 Å². The fourth-order valence-electron chi connectivity index (χ4n) is 4.01. The minimum Gasteiger partial charge on any atom is -0.390 e. The third kappa shape index (κ3) is 3.89. The molecule has 3 nitrogen and oxygen atoms in total. The molecule has 0 bridgehead atoms. The summed E-state index contributed by atoms with van der Waals surface area (Å²) in [4.78, 5) is 4.98. The normalized spacial score (nSPS) is 28.5. The first-order chi connectivity index (χ1) is 10.7. The monoisotopic (exact) mass is 302 g/mol. The molecule has 2 aliphatic rings. The molecular weight excluding hydrogens is 272 g/mol. The van der Waals surface area contributed by atoms with Gasteiger partial charge in [0.15, 0.2) is 0 Å². The number of likely N-dealkylation sites (tertiary alicyclic amines) is 2. The first-order valence-electron chi connectivity index (χ1n) is 8.93. The molecule has 0 unspecified atom stereocenters. The van der Waals surface area contributed by atoms with Gasteiger partial charge in [-0.1, -0.05) is 37.1 Å². The van der Waals surface area contributed by atoms with Crippen molar-refractivity contribution >= 4 is 0 Å². The molecule has 0 amide bonds. The molecule has 0 saturated carbocycles. The van der Waals surface area contributed by atoms with Crippen molar-refractivity contribution in [3.05, 3.63) is 35.4 Å². The van der Waals surface area contributed by atoms with Crippen LogP contribution in [0.4, 0.5) is 0 Å². The Morgan fingerprint density at radius 1 is 1.05 bits per heavy atom. The number of benzene rings is 1. The highest BCUT2D eigenvalue weighted by atomic mass is 16.3. The summed E-state index contributed by atoms with van der Waals surface area (Å²) in [7, 11) is 0. The van der Waals surface area contributed by atoms with E-state index in [1.807, 2.05) is 0 Å². The van der Waals surface area contributed by atoms with E-state index < -0.39 is 0 Å². The maximum atomic E-state index is 10.6. The van der Waals surface area contributed by atoms with E-state index >= 15 is 0 Å². The Morgan fingerprint density at radius 2 is 1.77 bits per heavy atom. The molecule has 22 heavy (non-hydrogen) atoms. The van der Waals surface area contributed by atoms with Gasteiger partial charge in [-0.3, -0.25) is 9.80 Å². The van der Waals surface area contributed by atoms with E-state index in [0.717, 1.165) is 26.1 Å². The summed E-state index contributed by atoms with van der Waals surface area (Å²) in [6.45, 7) is 7.42. The van der Waals surface area contributed by atoms with Crippen LogP contribution in [-0.4, -0.2) is 53.2 Å². The molecule has 3 heteroatoms. The fourth-order valence-corrected chi connectivity index (χ4v) is 4.01. The van der Waals surface area contributed by atoms with Gasteiger partial charge in [0.1, 0.15) is 0 Å². The van der Waals surface area contributed by atoms with Gasteiger partial charge >= 0.3 is 0 Å². The highest BCUT2D eigenvalue weighted by Gasteiger charge is 2.32. The van der Waals surface area contributed by atoms with Crippen LogP contribution in [0.1, 0.15) is 43.2 Å². The molecule has 3 rings (SSSR count). The largest absolute Gasteiger partial charge is 0.390 e. The summed E-state index contributed by atoms with van der Waals surface area (Å²) in [5, 5.41) is 10.6. The summed E-state index contributed by atoms with van der Waals surface area (Å²) < 4.78 is 0. The van der Waals surface area contributed by atoms with Crippen molar-refractivity contribution in [3.63, 3.8) is 0 Å². The lowest BCUT2D eigenvalue weighted by Gasteiger charge is -2.41. The van der Waals surface area contributed by atoms with Crippen molar-refractivity contribution in [2.75, 3.05) is 26.2 Å². The number of aliphatic hydroxyl groups excluding tert-OH is 1. The number of piperidine rings is 1. The van der Waals surface area contributed by atoms with Gasteiger partial charge in [-0.2, -0.15) is 0 Å². The summed E-state index contributed by atoms with van der Waals surface area (Å²) >= 11 is 0.